The Morgan fingerprint density at radius 1 is 1.09 bits per heavy atom. The van der Waals surface area contributed by atoms with Gasteiger partial charge in [-0.05, 0) is 37.2 Å². The Bertz CT molecular complexity index is 776. The van der Waals surface area contributed by atoms with Crippen LogP contribution in [-0.2, 0) is 0 Å². The molecule has 4 rings (SSSR count). The van der Waals surface area contributed by atoms with E-state index in [0.717, 1.165) is 11.3 Å². The first kappa shape index (κ1) is 11.4. The zero-order chi connectivity index (χ0) is 16.9. The van der Waals surface area contributed by atoms with Gasteiger partial charge in [0.15, 0.2) is 0 Å². The summed E-state index contributed by atoms with van der Waals surface area (Å²) in [6, 6.07) is 18.2. The largest absolute Gasteiger partial charge is 0.354 e. The molecule has 22 heavy (non-hydrogen) atoms. The van der Waals surface area contributed by atoms with Gasteiger partial charge in [-0.25, -0.2) is 0 Å². The maximum Gasteiger partial charge on any atom is 0.0905 e. The smallest absolute Gasteiger partial charge is 0.0905 e. The lowest BCUT2D eigenvalue weighted by Crippen LogP contribution is -2.36. The number of para-hydroxylation sites is 1. The van der Waals surface area contributed by atoms with E-state index in [9.17, 15) is 0 Å². The molecule has 0 aromatic heterocycles. The van der Waals surface area contributed by atoms with Gasteiger partial charge in [-0.3, -0.25) is 0 Å². The fourth-order valence-electron chi connectivity index (χ4n) is 3.57. The van der Waals surface area contributed by atoms with Crippen molar-refractivity contribution in [3.63, 3.8) is 0 Å². The van der Waals surface area contributed by atoms with Crippen molar-refractivity contribution in [2.24, 2.45) is 0 Å². The predicted molar refractivity (Wildman–Crippen MR) is 91.9 cm³/mol. The van der Waals surface area contributed by atoms with Gasteiger partial charge in [0.05, 0.1) is 14.1 Å². The van der Waals surface area contributed by atoms with Crippen LogP contribution in [0.4, 0.5) is 5.69 Å². The molecule has 3 unspecified atom stereocenters. The lowest BCUT2D eigenvalue weighted by molar-refractivity contribution is 0.344. The van der Waals surface area contributed by atoms with Gasteiger partial charge >= 0.3 is 0 Å². The normalized spacial score (nSPS) is 34.5. The second-order valence-electron chi connectivity index (χ2n) is 6.08. The van der Waals surface area contributed by atoms with E-state index in [1.165, 1.54) is 5.56 Å². The number of anilines is 1. The van der Waals surface area contributed by atoms with Crippen LogP contribution < -0.4 is 4.90 Å². The Kier molecular flexibility index (Phi) is 2.69. The Balaban J connectivity index is 1.76. The van der Waals surface area contributed by atoms with E-state index in [1.807, 2.05) is 59.6 Å². The van der Waals surface area contributed by atoms with Crippen LogP contribution in [0.25, 0.3) is 0 Å². The fraction of sp³-hybridized carbons (Fsp3) is 0.300. The quantitative estimate of drug-likeness (QED) is 0.820. The van der Waals surface area contributed by atoms with E-state index in [2.05, 4.69) is 30.9 Å². The number of nitrogens with zero attached hydrogens (tertiary/aromatic N) is 2. The maximum atomic E-state index is 9.14. The molecule has 0 aliphatic carbocycles. The molecule has 0 radical (unpaired) electrons. The van der Waals surface area contributed by atoms with Crippen LogP contribution in [0.5, 0.6) is 0 Å². The number of rotatable bonds is 2. The van der Waals surface area contributed by atoms with Crippen molar-refractivity contribution in [2.45, 2.75) is 31.8 Å². The van der Waals surface area contributed by atoms with Crippen molar-refractivity contribution >= 4 is 5.69 Å². The molecule has 1 fully saturated rings. The Hall–Kier alpha value is -2.22. The molecule has 2 aromatic rings. The van der Waals surface area contributed by atoms with Gasteiger partial charge < -0.3 is 9.80 Å². The minimum atomic E-state index is -0.822. The molecule has 1 saturated heterocycles. The molecule has 2 heterocycles. The minimum absolute atomic E-state index is 0.0676. The second-order valence-corrected chi connectivity index (χ2v) is 6.08. The fourth-order valence-corrected chi connectivity index (χ4v) is 3.57. The molecule has 112 valence electrons. The van der Waals surface area contributed by atoms with Crippen molar-refractivity contribution < 1.29 is 2.74 Å². The number of hydrogen-bond donors (Lipinski definition) is 0. The Labute approximate surface area is 135 Å². The van der Waals surface area contributed by atoms with Crippen LogP contribution in [0, 0.1) is 6.92 Å². The first-order chi connectivity index (χ1) is 11.5. The van der Waals surface area contributed by atoms with Crippen molar-refractivity contribution in [3.8, 4) is 0 Å². The van der Waals surface area contributed by atoms with Crippen LogP contribution in [0.2, 0.25) is 0 Å². The van der Waals surface area contributed by atoms with Gasteiger partial charge in [-0.15, -0.1) is 0 Å². The number of fused-ring (bicyclic) bond motifs is 1. The lowest BCUT2D eigenvalue weighted by Gasteiger charge is -2.28. The molecule has 2 aromatic carbocycles. The summed E-state index contributed by atoms with van der Waals surface area (Å²) in [6.45, 7) is 3.72. The highest BCUT2D eigenvalue weighted by molar-refractivity contribution is 5.55. The second kappa shape index (κ2) is 5.20. The van der Waals surface area contributed by atoms with Gasteiger partial charge in [0.25, 0.3) is 0 Å². The molecule has 2 aliphatic heterocycles. The molecule has 2 nitrogen and oxygen atoms in total. The van der Waals surface area contributed by atoms with Gasteiger partial charge in [0, 0.05) is 19.0 Å². The average molecular weight is 292 g/mol. The molecular weight excluding hydrogens is 268 g/mol. The first-order valence-electron chi connectivity index (χ1n) is 8.90. The number of aryl methyl sites for hydroxylation is 1. The highest BCUT2D eigenvalue weighted by Crippen LogP contribution is 2.40. The summed E-state index contributed by atoms with van der Waals surface area (Å²) in [4.78, 5) is 4.16. The van der Waals surface area contributed by atoms with Gasteiger partial charge in [0.1, 0.15) is 0 Å². The van der Waals surface area contributed by atoms with E-state index in [-0.39, 0.29) is 12.1 Å². The molecular formula is C20H22N2. The highest BCUT2D eigenvalue weighted by atomic mass is 15.4. The molecule has 2 heteroatoms. The molecule has 4 atom stereocenters. The minimum Gasteiger partial charge on any atom is -0.354 e. The summed E-state index contributed by atoms with van der Waals surface area (Å²) in [7, 11) is 0. The first-order valence-corrected chi connectivity index (χ1v) is 7.82. The van der Waals surface area contributed by atoms with Gasteiger partial charge in [-0.1, -0.05) is 54.6 Å². The third-order valence-electron chi connectivity index (χ3n) is 4.72. The third-order valence-corrected chi connectivity index (χ3v) is 4.72. The van der Waals surface area contributed by atoms with Crippen LogP contribution in [0.1, 0.15) is 26.7 Å². The zero-order valence-electron chi connectivity index (χ0n) is 15.0. The lowest BCUT2D eigenvalue weighted by atomic mass is 9.89. The molecule has 0 spiro atoms. The molecule has 2 aliphatic rings. The summed E-state index contributed by atoms with van der Waals surface area (Å²) >= 11 is 0. The zero-order valence-corrected chi connectivity index (χ0v) is 13.0. The maximum absolute atomic E-state index is 9.14. The van der Waals surface area contributed by atoms with Crippen molar-refractivity contribution in [2.75, 3.05) is 11.5 Å². The van der Waals surface area contributed by atoms with E-state index >= 15 is 0 Å². The standard InChI is InChI=1S/C20H22N2/c1-15-8-6-7-11-19(15)22-14-21-13-12-18(20(21)16(22)2)17-9-4-3-5-10-17/h3-13,16,18,20H,14H2,1-2H3/t16-,18?,20?/m0/s1/i14D,18D/t14?,16-,18?,20?. The summed E-state index contributed by atoms with van der Waals surface area (Å²) in [5.41, 5.74) is 3.24. The Morgan fingerprint density at radius 2 is 1.82 bits per heavy atom. The topological polar surface area (TPSA) is 6.48 Å². The average Bonchev–Trinajstić information content (AvgIpc) is 3.07. The van der Waals surface area contributed by atoms with Crippen LogP contribution in [-0.4, -0.2) is 23.6 Å². The molecule has 0 N–H and O–H groups in total. The highest BCUT2D eigenvalue weighted by Gasteiger charge is 2.43. The van der Waals surface area contributed by atoms with E-state index in [0.29, 0.717) is 0 Å². The SMILES string of the molecule is [2H]C1N2C=CC([2H])(c3ccccc3)C2[C@H](C)N1c1ccccc1C. The van der Waals surface area contributed by atoms with Crippen LogP contribution in [0.15, 0.2) is 66.9 Å². The van der Waals surface area contributed by atoms with E-state index < -0.39 is 12.5 Å². The number of benzene rings is 2. The van der Waals surface area contributed by atoms with Gasteiger partial charge in [0.2, 0.25) is 0 Å². The monoisotopic (exact) mass is 292 g/mol. The molecule has 0 amide bonds. The Morgan fingerprint density at radius 3 is 2.59 bits per heavy atom. The third kappa shape index (κ3) is 2.02. The summed E-state index contributed by atoms with van der Waals surface area (Å²) < 4.78 is 17.9. The van der Waals surface area contributed by atoms with Crippen molar-refractivity contribution in [1.82, 2.24) is 4.90 Å². The van der Waals surface area contributed by atoms with Crippen molar-refractivity contribution in [3.05, 3.63) is 78.0 Å². The van der Waals surface area contributed by atoms with E-state index in [4.69, 9.17) is 2.74 Å². The van der Waals surface area contributed by atoms with Gasteiger partial charge in [-0.2, -0.15) is 0 Å². The summed E-state index contributed by atoms with van der Waals surface area (Å²) in [6.07, 6.45) is 3.89. The molecule has 0 saturated carbocycles. The summed E-state index contributed by atoms with van der Waals surface area (Å²) in [5.74, 6) is -0.822. The van der Waals surface area contributed by atoms with Crippen molar-refractivity contribution in [1.29, 1.82) is 0 Å². The molecule has 0 bridgehead atoms. The predicted octanol–water partition coefficient (Wildman–Crippen LogP) is 4.14. The van der Waals surface area contributed by atoms with E-state index in [1.54, 1.807) is 0 Å². The van der Waals surface area contributed by atoms with Crippen LogP contribution in [0.3, 0.4) is 0 Å². The van der Waals surface area contributed by atoms with Crippen LogP contribution >= 0.6 is 0 Å². The summed E-state index contributed by atoms with van der Waals surface area (Å²) in [5, 5.41) is 0. The number of hydrogen-bond acceptors (Lipinski definition) is 2.